The Labute approximate surface area is 77.4 Å². The zero-order valence-electron chi connectivity index (χ0n) is 7.62. The minimum Gasteiger partial charge on any atom is -0.325 e. The number of hydrogen-bond donors (Lipinski definition) is 1. The van der Waals surface area contributed by atoms with E-state index in [1.165, 1.54) is 16.3 Å². The van der Waals surface area contributed by atoms with Crippen molar-refractivity contribution in [1.29, 1.82) is 0 Å². The number of nitrogens with zero attached hydrogens (tertiary/aromatic N) is 1. The van der Waals surface area contributed by atoms with Crippen LogP contribution in [0.5, 0.6) is 0 Å². The van der Waals surface area contributed by atoms with E-state index in [0.29, 0.717) is 6.54 Å². The molecule has 2 heteroatoms. The Bertz CT molecular complexity index is 435. The van der Waals surface area contributed by atoms with Gasteiger partial charge in [0.25, 0.3) is 0 Å². The molecule has 66 valence electrons. The Hall–Kier alpha value is -1.41. The first-order chi connectivity index (χ1) is 6.31. The standard InChI is InChI=1S/C11H12N2/c1-8-3-2-4-9-5-10(6-12)13-7-11(8)9/h2-5,7H,6,12H2,1H3. The topological polar surface area (TPSA) is 38.9 Å². The Morgan fingerprint density at radius 2 is 2.23 bits per heavy atom. The van der Waals surface area contributed by atoms with E-state index in [0.717, 1.165) is 5.69 Å². The molecular weight excluding hydrogens is 160 g/mol. The molecule has 0 aliphatic rings. The van der Waals surface area contributed by atoms with Crippen LogP contribution in [-0.4, -0.2) is 4.98 Å². The van der Waals surface area contributed by atoms with E-state index in [1.807, 2.05) is 12.3 Å². The summed E-state index contributed by atoms with van der Waals surface area (Å²) in [6.45, 7) is 2.59. The van der Waals surface area contributed by atoms with E-state index < -0.39 is 0 Å². The van der Waals surface area contributed by atoms with Crippen LogP contribution >= 0.6 is 0 Å². The second-order valence-electron chi connectivity index (χ2n) is 3.18. The molecule has 0 unspecified atom stereocenters. The molecule has 0 radical (unpaired) electrons. The molecule has 0 spiro atoms. The highest BCUT2D eigenvalue weighted by atomic mass is 14.7. The van der Waals surface area contributed by atoms with Crippen molar-refractivity contribution in [2.24, 2.45) is 5.73 Å². The molecule has 0 aliphatic heterocycles. The van der Waals surface area contributed by atoms with Crippen molar-refractivity contribution in [2.45, 2.75) is 13.5 Å². The van der Waals surface area contributed by atoms with Crippen molar-refractivity contribution >= 4 is 10.8 Å². The summed E-state index contributed by atoms with van der Waals surface area (Å²) in [5.74, 6) is 0. The molecule has 1 heterocycles. The van der Waals surface area contributed by atoms with Gasteiger partial charge in [0.1, 0.15) is 0 Å². The lowest BCUT2D eigenvalue weighted by molar-refractivity contribution is 0.997. The Morgan fingerprint density at radius 3 is 3.00 bits per heavy atom. The highest BCUT2D eigenvalue weighted by Gasteiger charge is 1.97. The lowest BCUT2D eigenvalue weighted by Gasteiger charge is -2.02. The highest BCUT2D eigenvalue weighted by Crippen LogP contribution is 2.17. The summed E-state index contributed by atoms with van der Waals surface area (Å²) in [7, 11) is 0. The lowest BCUT2D eigenvalue weighted by atomic mass is 10.1. The van der Waals surface area contributed by atoms with E-state index >= 15 is 0 Å². The molecule has 0 saturated carbocycles. The molecule has 2 N–H and O–H groups in total. The maximum Gasteiger partial charge on any atom is 0.0545 e. The van der Waals surface area contributed by atoms with Crippen LogP contribution < -0.4 is 5.73 Å². The Balaban J connectivity index is 2.72. The lowest BCUT2D eigenvalue weighted by Crippen LogP contribution is -1.98. The zero-order valence-corrected chi connectivity index (χ0v) is 7.62. The van der Waals surface area contributed by atoms with Crippen molar-refractivity contribution in [3.8, 4) is 0 Å². The minimum absolute atomic E-state index is 0.504. The van der Waals surface area contributed by atoms with Gasteiger partial charge in [0, 0.05) is 18.1 Å². The summed E-state index contributed by atoms with van der Waals surface area (Å²) < 4.78 is 0. The predicted octanol–water partition coefficient (Wildman–Crippen LogP) is 2.00. The third-order valence-electron chi connectivity index (χ3n) is 2.25. The van der Waals surface area contributed by atoms with E-state index in [9.17, 15) is 0 Å². The number of pyridine rings is 1. The molecule has 2 aromatic rings. The average molecular weight is 172 g/mol. The molecule has 2 rings (SSSR count). The first kappa shape index (κ1) is 8.20. The maximum absolute atomic E-state index is 5.52. The first-order valence-electron chi connectivity index (χ1n) is 4.35. The quantitative estimate of drug-likeness (QED) is 0.714. The van der Waals surface area contributed by atoms with Crippen molar-refractivity contribution < 1.29 is 0 Å². The Morgan fingerprint density at radius 1 is 1.38 bits per heavy atom. The molecule has 0 fully saturated rings. The molecule has 0 aliphatic carbocycles. The fourth-order valence-electron chi connectivity index (χ4n) is 1.48. The number of fused-ring (bicyclic) bond motifs is 1. The summed E-state index contributed by atoms with van der Waals surface area (Å²) in [6.07, 6.45) is 1.90. The molecule has 1 aromatic carbocycles. The fourth-order valence-corrected chi connectivity index (χ4v) is 1.48. The van der Waals surface area contributed by atoms with Gasteiger partial charge in [-0.15, -0.1) is 0 Å². The number of aromatic nitrogens is 1. The van der Waals surface area contributed by atoms with Gasteiger partial charge in [0.15, 0.2) is 0 Å². The van der Waals surface area contributed by atoms with Crippen LogP contribution in [0.15, 0.2) is 30.5 Å². The third-order valence-corrected chi connectivity index (χ3v) is 2.25. The summed E-state index contributed by atoms with van der Waals surface area (Å²) in [5, 5.41) is 2.43. The van der Waals surface area contributed by atoms with Crippen LogP contribution in [0.2, 0.25) is 0 Å². The van der Waals surface area contributed by atoms with E-state index in [1.54, 1.807) is 0 Å². The fraction of sp³-hybridized carbons (Fsp3) is 0.182. The van der Waals surface area contributed by atoms with Gasteiger partial charge in [-0.25, -0.2) is 0 Å². The SMILES string of the molecule is Cc1cccc2cc(CN)ncc12. The largest absolute Gasteiger partial charge is 0.325 e. The summed E-state index contributed by atoms with van der Waals surface area (Å²) in [4.78, 5) is 4.26. The number of aryl methyl sites for hydroxylation is 1. The van der Waals surface area contributed by atoms with Crippen molar-refractivity contribution in [3.05, 3.63) is 41.7 Å². The third kappa shape index (κ3) is 1.40. The molecular formula is C11H12N2. The van der Waals surface area contributed by atoms with E-state index in [4.69, 9.17) is 5.73 Å². The van der Waals surface area contributed by atoms with Crippen molar-refractivity contribution in [2.75, 3.05) is 0 Å². The monoisotopic (exact) mass is 172 g/mol. The summed E-state index contributed by atoms with van der Waals surface area (Å²) in [6, 6.07) is 8.27. The molecule has 0 atom stereocenters. The van der Waals surface area contributed by atoms with Gasteiger partial charge < -0.3 is 5.73 Å². The second kappa shape index (κ2) is 3.15. The maximum atomic E-state index is 5.52. The van der Waals surface area contributed by atoms with Gasteiger partial charge in [0.05, 0.1) is 5.69 Å². The van der Waals surface area contributed by atoms with Gasteiger partial charge in [-0.1, -0.05) is 18.2 Å². The molecule has 0 amide bonds. The summed E-state index contributed by atoms with van der Waals surface area (Å²) in [5.41, 5.74) is 7.72. The number of nitrogens with two attached hydrogens (primary N) is 1. The van der Waals surface area contributed by atoms with Gasteiger partial charge >= 0.3 is 0 Å². The molecule has 2 nitrogen and oxygen atoms in total. The number of benzene rings is 1. The van der Waals surface area contributed by atoms with Gasteiger partial charge in [-0.2, -0.15) is 0 Å². The van der Waals surface area contributed by atoms with Crippen LogP contribution in [-0.2, 0) is 6.54 Å². The predicted molar refractivity (Wildman–Crippen MR) is 54.4 cm³/mol. The molecule has 0 saturated heterocycles. The summed E-state index contributed by atoms with van der Waals surface area (Å²) >= 11 is 0. The van der Waals surface area contributed by atoms with Crippen molar-refractivity contribution in [3.63, 3.8) is 0 Å². The van der Waals surface area contributed by atoms with Crippen LogP contribution in [0.3, 0.4) is 0 Å². The normalized spacial score (nSPS) is 10.6. The Kier molecular flexibility index (Phi) is 1.99. The molecule has 1 aromatic heterocycles. The van der Waals surface area contributed by atoms with Crippen molar-refractivity contribution in [1.82, 2.24) is 4.98 Å². The van der Waals surface area contributed by atoms with Crippen LogP contribution in [0.4, 0.5) is 0 Å². The van der Waals surface area contributed by atoms with Crippen LogP contribution in [0.1, 0.15) is 11.3 Å². The number of hydrogen-bond acceptors (Lipinski definition) is 2. The second-order valence-corrected chi connectivity index (χ2v) is 3.18. The van der Waals surface area contributed by atoms with E-state index in [2.05, 4.69) is 30.1 Å². The number of rotatable bonds is 1. The molecule has 13 heavy (non-hydrogen) atoms. The smallest absolute Gasteiger partial charge is 0.0545 e. The van der Waals surface area contributed by atoms with E-state index in [-0.39, 0.29) is 0 Å². The van der Waals surface area contributed by atoms with Crippen LogP contribution in [0, 0.1) is 6.92 Å². The van der Waals surface area contributed by atoms with Gasteiger partial charge in [-0.05, 0) is 23.9 Å². The van der Waals surface area contributed by atoms with Crippen LogP contribution in [0.25, 0.3) is 10.8 Å². The highest BCUT2D eigenvalue weighted by molar-refractivity contribution is 5.84. The molecule has 0 bridgehead atoms. The van der Waals surface area contributed by atoms with Gasteiger partial charge in [-0.3, -0.25) is 4.98 Å². The first-order valence-corrected chi connectivity index (χ1v) is 4.35. The zero-order chi connectivity index (χ0) is 9.26. The average Bonchev–Trinajstić information content (AvgIpc) is 2.18. The minimum atomic E-state index is 0.504. The van der Waals surface area contributed by atoms with Gasteiger partial charge in [0.2, 0.25) is 0 Å².